The van der Waals surface area contributed by atoms with Crippen molar-refractivity contribution in [2.45, 2.75) is 26.4 Å². The topological polar surface area (TPSA) is 9.23 Å². The Morgan fingerprint density at radius 1 is 1.07 bits per heavy atom. The van der Waals surface area contributed by atoms with Crippen molar-refractivity contribution < 1.29 is 4.74 Å². The molecule has 0 spiro atoms. The second-order valence-corrected chi connectivity index (χ2v) is 4.60. The standard InChI is InChI=1S/C14H15O/c1-14(2,3)15-13-10-6-8-11-7-4-5-9-12(11)13/h4-8,10H,1-3H3. The summed E-state index contributed by atoms with van der Waals surface area (Å²) in [5, 5.41) is 2.22. The van der Waals surface area contributed by atoms with Crippen molar-refractivity contribution in [1.82, 2.24) is 0 Å². The lowest BCUT2D eigenvalue weighted by Gasteiger charge is -2.22. The fourth-order valence-electron chi connectivity index (χ4n) is 1.54. The first-order valence-corrected chi connectivity index (χ1v) is 5.15. The summed E-state index contributed by atoms with van der Waals surface area (Å²) in [5.41, 5.74) is -0.169. The van der Waals surface area contributed by atoms with E-state index >= 15 is 0 Å². The van der Waals surface area contributed by atoms with E-state index in [9.17, 15) is 0 Å². The SMILES string of the molecule is CC(C)(C)Oc1cccc2ccc[c]c12. The Hall–Kier alpha value is -1.50. The van der Waals surface area contributed by atoms with Gasteiger partial charge in [0.2, 0.25) is 0 Å². The van der Waals surface area contributed by atoms with Crippen LogP contribution in [0.5, 0.6) is 5.75 Å². The molecule has 0 aromatic heterocycles. The van der Waals surface area contributed by atoms with E-state index in [1.165, 1.54) is 5.39 Å². The minimum Gasteiger partial charge on any atom is -0.487 e. The number of rotatable bonds is 1. The Kier molecular flexibility index (Phi) is 2.39. The smallest absolute Gasteiger partial charge is 0.128 e. The lowest BCUT2D eigenvalue weighted by Crippen LogP contribution is -2.23. The second kappa shape index (κ2) is 3.58. The molecule has 1 nitrogen and oxygen atoms in total. The van der Waals surface area contributed by atoms with Crippen LogP contribution in [0.1, 0.15) is 20.8 Å². The highest BCUT2D eigenvalue weighted by atomic mass is 16.5. The van der Waals surface area contributed by atoms with Crippen LogP contribution in [-0.4, -0.2) is 5.60 Å². The van der Waals surface area contributed by atoms with Crippen molar-refractivity contribution in [2.24, 2.45) is 0 Å². The summed E-state index contributed by atoms with van der Waals surface area (Å²) in [6.45, 7) is 6.15. The summed E-state index contributed by atoms with van der Waals surface area (Å²) in [5.74, 6) is 0.903. The Labute approximate surface area is 90.7 Å². The van der Waals surface area contributed by atoms with E-state index < -0.39 is 0 Å². The molecule has 0 fully saturated rings. The van der Waals surface area contributed by atoms with Gasteiger partial charge in [0.1, 0.15) is 11.4 Å². The highest BCUT2D eigenvalue weighted by Gasteiger charge is 2.13. The molecule has 0 aliphatic rings. The Morgan fingerprint density at radius 3 is 2.53 bits per heavy atom. The van der Waals surface area contributed by atoms with E-state index in [2.05, 4.69) is 39.0 Å². The first-order chi connectivity index (χ1) is 7.06. The Balaban J connectivity index is 2.52. The third-order valence-corrected chi connectivity index (χ3v) is 2.07. The maximum atomic E-state index is 5.88. The largest absolute Gasteiger partial charge is 0.487 e. The van der Waals surface area contributed by atoms with Crippen LogP contribution in [0, 0.1) is 6.07 Å². The molecule has 0 N–H and O–H groups in total. The molecule has 0 atom stereocenters. The molecule has 0 saturated heterocycles. The van der Waals surface area contributed by atoms with E-state index in [0.29, 0.717) is 0 Å². The van der Waals surface area contributed by atoms with Gasteiger partial charge in [0.25, 0.3) is 0 Å². The summed E-state index contributed by atoms with van der Waals surface area (Å²) in [6, 6.07) is 15.3. The molecule has 2 aromatic rings. The van der Waals surface area contributed by atoms with Gasteiger partial charge in [0.15, 0.2) is 0 Å². The van der Waals surface area contributed by atoms with Crippen molar-refractivity contribution in [3.8, 4) is 5.75 Å². The number of hydrogen-bond donors (Lipinski definition) is 0. The molecule has 0 heterocycles. The Morgan fingerprint density at radius 2 is 1.80 bits per heavy atom. The third kappa shape index (κ3) is 2.30. The Bertz CT molecular complexity index is 461. The van der Waals surface area contributed by atoms with E-state index in [4.69, 9.17) is 4.74 Å². The van der Waals surface area contributed by atoms with E-state index in [1.807, 2.05) is 24.3 Å². The molecule has 15 heavy (non-hydrogen) atoms. The molecular weight excluding hydrogens is 184 g/mol. The van der Waals surface area contributed by atoms with Crippen molar-refractivity contribution >= 4 is 10.8 Å². The molecule has 2 aromatic carbocycles. The van der Waals surface area contributed by atoms with E-state index in [1.54, 1.807) is 0 Å². The summed E-state index contributed by atoms with van der Waals surface area (Å²) >= 11 is 0. The molecule has 0 bridgehead atoms. The summed E-state index contributed by atoms with van der Waals surface area (Å²) in [7, 11) is 0. The predicted molar refractivity (Wildman–Crippen MR) is 63.2 cm³/mol. The van der Waals surface area contributed by atoms with Crippen LogP contribution in [0.3, 0.4) is 0 Å². The molecule has 77 valence electrons. The molecule has 0 saturated carbocycles. The van der Waals surface area contributed by atoms with Crippen molar-refractivity contribution in [2.75, 3.05) is 0 Å². The first-order valence-electron chi connectivity index (χ1n) is 5.15. The average molecular weight is 199 g/mol. The monoisotopic (exact) mass is 199 g/mol. The normalized spacial score (nSPS) is 11.7. The fraction of sp³-hybridized carbons (Fsp3) is 0.286. The summed E-state index contributed by atoms with van der Waals surface area (Å²) in [4.78, 5) is 0. The molecule has 1 heteroatoms. The van der Waals surface area contributed by atoms with Crippen molar-refractivity contribution in [1.29, 1.82) is 0 Å². The van der Waals surface area contributed by atoms with E-state index in [0.717, 1.165) is 11.1 Å². The zero-order valence-electron chi connectivity index (χ0n) is 9.37. The van der Waals surface area contributed by atoms with Gasteiger partial charge in [-0.2, -0.15) is 0 Å². The quantitative estimate of drug-likeness (QED) is 0.678. The van der Waals surface area contributed by atoms with Crippen LogP contribution < -0.4 is 4.74 Å². The van der Waals surface area contributed by atoms with Gasteiger partial charge in [0, 0.05) is 5.39 Å². The van der Waals surface area contributed by atoms with Gasteiger partial charge in [-0.15, -0.1) is 0 Å². The molecule has 0 unspecified atom stereocenters. The van der Waals surface area contributed by atoms with Gasteiger partial charge in [-0.05, 0) is 38.3 Å². The summed E-state index contributed by atoms with van der Waals surface area (Å²) < 4.78 is 5.88. The maximum Gasteiger partial charge on any atom is 0.128 e. The van der Waals surface area contributed by atoms with Crippen LogP contribution in [-0.2, 0) is 0 Å². The number of ether oxygens (including phenoxy) is 1. The highest BCUT2D eigenvalue weighted by molar-refractivity contribution is 5.87. The fourth-order valence-corrected chi connectivity index (χ4v) is 1.54. The van der Waals surface area contributed by atoms with Gasteiger partial charge in [0.05, 0.1) is 0 Å². The predicted octanol–water partition coefficient (Wildman–Crippen LogP) is 3.82. The highest BCUT2D eigenvalue weighted by Crippen LogP contribution is 2.27. The van der Waals surface area contributed by atoms with E-state index in [-0.39, 0.29) is 5.60 Å². The van der Waals surface area contributed by atoms with Crippen molar-refractivity contribution in [3.63, 3.8) is 0 Å². The number of benzene rings is 2. The lowest BCUT2D eigenvalue weighted by molar-refractivity contribution is 0.133. The molecular formula is C14H15O. The first kappa shape index (κ1) is 10.0. The molecule has 0 amide bonds. The zero-order chi connectivity index (χ0) is 10.9. The maximum absolute atomic E-state index is 5.88. The zero-order valence-corrected chi connectivity index (χ0v) is 9.37. The summed E-state index contributed by atoms with van der Waals surface area (Å²) in [6.07, 6.45) is 0. The van der Waals surface area contributed by atoms with Gasteiger partial charge >= 0.3 is 0 Å². The van der Waals surface area contributed by atoms with Crippen LogP contribution in [0.15, 0.2) is 36.4 Å². The molecule has 2 rings (SSSR count). The third-order valence-electron chi connectivity index (χ3n) is 2.07. The van der Waals surface area contributed by atoms with Crippen LogP contribution >= 0.6 is 0 Å². The molecule has 0 aliphatic carbocycles. The lowest BCUT2D eigenvalue weighted by atomic mass is 10.1. The minimum atomic E-state index is -0.169. The second-order valence-electron chi connectivity index (χ2n) is 4.60. The van der Waals surface area contributed by atoms with Crippen LogP contribution in [0.2, 0.25) is 0 Å². The average Bonchev–Trinajstić information content (AvgIpc) is 2.16. The van der Waals surface area contributed by atoms with Gasteiger partial charge in [-0.25, -0.2) is 0 Å². The van der Waals surface area contributed by atoms with Crippen molar-refractivity contribution in [3.05, 3.63) is 42.5 Å². The van der Waals surface area contributed by atoms with Gasteiger partial charge < -0.3 is 4.74 Å². The van der Waals surface area contributed by atoms with Gasteiger partial charge in [-0.1, -0.05) is 30.3 Å². The molecule has 1 radical (unpaired) electrons. The minimum absolute atomic E-state index is 0.169. The van der Waals surface area contributed by atoms with Crippen LogP contribution in [0.4, 0.5) is 0 Å². The number of hydrogen-bond acceptors (Lipinski definition) is 1. The van der Waals surface area contributed by atoms with Gasteiger partial charge in [-0.3, -0.25) is 0 Å². The number of fused-ring (bicyclic) bond motifs is 1. The molecule has 0 aliphatic heterocycles. The van der Waals surface area contributed by atoms with Crippen LogP contribution in [0.25, 0.3) is 10.8 Å².